The molecule has 1 atom stereocenters. The molecule has 1 aromatic rings. The molecule has 1 saturated carbocycles. The predicted molar refractivity (Wildman–Crippen MR) is 77.2 cm³/mol. The highest BCUT2D eigenvalue weighted by Gasteiger charge is 2.42. The number of hydrogen-bond donors (Lipinski definition) is 1. The molecule has 0 unspecified atom stereocenters. The quantitative estimate of drug-likeness (QED) is 0.903. The first-order valence-corrected chi connectivity index (χ1v) is 7.31. The molecule has 3 rings (SSSR count). The smallest absolute Gasteiger partial charge is 0.125 e. The third-order valence-corrected chi connectivity index (χ3v) is 4.71. The van der Waals surface area contributed by atoms with Crippen LogP contribution in [-0.2, 0) is 4.74 Å². The summed E-state index contributed by atoms with van der Waals surface area (Å²) in [6.07, 6.45) is 5.39. The fraction of sp³-hybridized carbons (Fsp3) is 0.625. The van der Waals surface area contributed by atoms with Gasteiger partial charge in [0, 0.05) is 25.1 Å². The molecule has 2 aliphatic rings. The minimum Gasteiger partial charge on any atom is -0.497 e. The van der Waals surface area contributed by atoms with Crippen molar-refractivity contribution in [3.63, 3.8) is 0 Å². The van der Waals surface area contributed by atoms with Gasteiger partial charge in [-0.05, 0) is 43.9 Å². The monoisotopic (exact) mass is 277 g/mol. The molecule has 1 spiro atoms. The summed E-state index contributed by atoms with van der Waals surface area (Å²) in [7, 11) is 3.46. The maximum absolute atomic E-state index is 6.38. The van der Waals surface area contributed by atoms with Crippen molar-refractivity contribution in [1.29, 1.82) is 0 Å². The van der Waals surface area contributed by atoms with E-state index in [9.17, 15) is 0 Å². The molecule has 4 nitrogen and oxygen atoms in total. The van der Waals surface area contributed by atoms with Crippen molar-refractivity contribution in [2.24, 2.45) is 5.73 Å². The Labute approximate surface area is 120 Å². The Bertz CT molecular complexity index is 481. The lowest BCUT2D eigenvalue weighted by molar-refractivity contribution is -0.0428. The van der Waals surface area contributed by atoms with Gasteiger partial charge in [0.15, 0.2) is 0 Å². The summed E-state index contributed by atoms with van der Waals surface area (Å²) >= 11 is 0. The molecule has 0 saturated heterocycles. The summed E-state index contributed by atoms with van der Waals surface area (Å²) in [5.74, 6) is 1.75. The van der Waals surface area contributed by atoms with Gasteiger partial charge in [0.25, 0.3) is 0 Å². The molecular formula is C16H23NO3. The van der Waals surface area contributed by atoms with Crippen LogP contribution in [0, 0.1) is 0 Å². The van der Waals surface area contributed by atoms with Gasteiger partial charge in [-0.15, -0.1) is 0 Å². The summed E-state index contributed by atoms with van der Waals surface area (Å²) in [4.78, 5) is 0. The molecule has 4 heteroatoms. The number of rotatable bonds is 2. The highest BCUT2D eigenvalue weighted by Crippen LogP contribution is 2.46. The van der Waals surface area contributed by atoms with Crippen LogP contribution in [0.15, 0.2) is 18.2 Å². The summed E-state index contributed by atoms with van der Waals surface area (Å²) in [5, 5.41) is 0. The van der Waals surface area contributed by atoms with Gasteiger partial charge in [-0.2, -0.15) is 0 Å². The molecule has 1 aliphatic carbocycles. The summed E-state index contributed by atoms with van der Waals surface area (Å²) in [6.45, 7) is 0. The predicted octanol–water partition coefficient (Wildman–Crippen LogP) is 2.81. The second-order valence-corrected chi connectivity index (χ2v) is 5.93. The van der Waals surface area contributed by atoms with Gasteiger partial charge in [-0.3, -0.25) is 0 Å². The van der Waals surface area contributed by atoms with Gasteiger partial charge >= 0.3 is 0 Å². The van der Waals surface area contributed by atoms with E-state index in [-0.39, 0.29) is 11.6 Å². The minimum atomic E-state index is -0.101. The van der Waals surface area contributed by atoms with Crippen molar-refractivity contribution in [2.75, 3.05) is 14.2 Å². The Kier molecular flexibility index (Phi) is 3.61. The SMILES string of the molecule is COc1ccc2c(c1)[C@H](N)CC1(CCC(OC)CC1)O2. The van der Waals surface area contributed by atoms with E-state index >= 15 is 0 Å². The van der Waals surface area contributed by atoms with Gasteiger partial charge in [-0.25, -0.2) is 0 Å². The van der Waals surface area contributed by atoms with Crippen LogP contribution in [0.2, 0.25) is 0 Å². The van der Waals surface area contributed by atoms with E-state index in [1.807, 2.05) is 18.2 Å². The molecule has 1 fully saturated rings. The number of nitrogens with two attached hydrogens (primary N) is 1. The molecule has 0 aromatic heterocycles. The lowest BCUT2D eigenvalue weighted by atomic mass is 9.76. The molecule has 0 radical (unpaired) electrons. The normalized spacial score (nSPS) is 32.5. The zero-order chi connectivity index (χ0) is 14.2. The average Bonchev–Trinajstić information content (AvgIpc) is 2.48. The summed E-state index contributed by atoms with van der Waals surface area (Å²) < 4.78 is 17.0. The van der Waals surface area contributed by atoms with Gasteiger partial charge in [0.05, 0.1) is 13.2 Å². The van der Waals surface area contributed by atoms with Crippen molar-refractivity contribution in [3.05, 3.63) is 23.8 Å². The van der Waals surface area contributed by atoms with Crippen LogP contribution in [0.5, 0.6) is 11.5 Å². The number of fused-ring (bicyclic) bond motifs is 1. The molecular weight excluding hydrogens is 254 g/mol. The van der Waals surface area contributed by atoms with E-state index < -0.39 is 0 Å². The van der Waals surface area contributed by atoms with Crippen molar-refractivity contribution in [1.82, 2.24) is 0 Å². The Balaban J connectivity index is 1.82. The molecule has 20 heavy (non-hydrogen) atoms. The maximum atomic E-state index is 6.38. The zero-order valence-corrected chi connectivity index (χ0v) is 12.2. The Morgan fingerprint density at radius 1 is 1.25 bits per heavy atom. The van der Waals surface area contributed by atoms with Crippen molar-refractivity contribution >= 4 is 0 Å². The second kappa shape index (κ2) is 5.26. The van der Waals surface area contributed by atoms with Crippen molar-refractivity contribution < 1.29 is 14.2 Å². The third kappa shape index (κ3) is 2.38. The van der Waals surface area contributed by atoms with E-state index in [2.05, 4.69) is 0 Å². The maximum Gasteiger partial charge on any atom is 0.125 e. The molecule has 110 valence electrons. The van der Waals surface area contributed by atoms with Gasteiger partial charge in [-0.1, -0.05) is 0 Å². The Morgan fingerprint density at radius 3 is 2.65 bits per heavy atom. The van der Waals surface area contributed by atoms with Crippen LogP contribution in [0.25, 0.3) is 0 Å². The summed E-state index contributed by atoms with van der Waals surface area (Å²) in [6, 6.07) is 5.93. The number of methoxy groups -OCH3 is 2. The highest BCUT2D eigenvalue weighted by molar-refractivity contribution is 5.44. The van der Waals surface area contributed by atoms with E-state index in [0.29, 0.717) is 6.10 Å². The standard InChI is InChI=1S/C16H23NO3/c1-18-11-5-7-16(8-6-11)10-14(17)13-9-12(19-2)3-4-15(13)20-16/h3-4,9,11,14H,5-8,10,17H2,1-2H3/t11?,14-,16?/m1/s1. The van der Waals surface area contributed by atoms with Crippen LogP contribution in [0.3, 0.4) is 0 Å². The number of hydrogen-bond acceptors (Lipinski definition) is 4. The topological polar surface area (TPSA) is 53.7 Å². The van der Waals surface area contributed by atoms with Crippen LogP contribution < -0.4 is 15.2 Å². The first-order chi connectivity index (χ1) is 9.65. The van der Waals surface area contributed by atoms with Crippen LogP contribution in [-0.4, -0.2) is 25.9 Å². The van der Waals surface area contributed by atoms with E-state index in [0.717, 1.165) is 49.2 Å². The molecule has 1 heterocycles. The zero-order valence-electron chi connectivity index (χ0n) is 12.2. The molecule has 1 aromatic carbocycles. The molecule has 1 aliphatic heterocycles. The Morgan fingerprint density at radius 2 is 2.00 bits per heavy atom. The largest absolute Gasteiger partial charge is 0.497 e. The fourth-order valence-corrected chi connectivity index (χ4v) is 3.48. The van der Waals surface area contributed by atoms with Crippen molar-refractivity contribution in [2.45, 2.75) is 49.9 Å². The van der Waals surface area contributed by atoms with Gasteiger partial charge in [0.2, 0.25) is 0 Å². The van der Waals surface area contributed by atoms with E-state index in [1.165, 1.54) is 0 Å². The number of benzene rings is 1. The molecule has 0 amide bonds. The number of ether oxygens (including phenoxy) is 3. The van der Waals surface area contributed by atoms with Gasteiger partial charge in [0.1, 0.15) is 17.1 Å². The average molecular weight is 277 g/mol. The first kappa shape index (κ1) is 13.7. The van der Waals surface area contributed by atoms with Gasteiger partial charge < -0.3 is 19.9 Å². The van der Waals surface area contributed by atoms with Crippen LogP contribution in [0.1, 0.15) is 43.7 Å². The fourth-order valence-electron chi connectivity index (χ4n) is 3.48. The minimum absolute atomic E-state index is 0.0212. The first-order valence-electron chi connectivity index (χ1n) is 7.31. The lowest BCUT2D eigenvalue weighted by Gasteiger charge is -2.45. The lowest BCUT2D eigenvalue weighted by Crippen LogP contribution is -2.46. The van der Waals surface area contributed by atoms with Crippen molar-refractivity contribution in [3.8, 4) is 11.5 Å². The van der Waals surface area contributed by atoms with Crippen LogP contribution in [0.4, 0.5) is 0 Å². The third-order valence-electron chi connectivity index (χ3n) is 4.71. The Hall–Kier alpha value is -1.26. The summed E-state index contributed by atoms with van der Waals surface area (Å²) in [5.41, 5.74) is 7.33. The molecule has 0 bridgehead atoms. The molecule has 2 N–H and O–H groups in total. The van der Waals surface area contributed by atoms with Crippen LogP contribution >= 0.6 is 0 Å². The van der Waals surface area contributed by atoms with E-state index in [4.69, 9.17) is 19.9 Å². The highest BCUT2D eigenvalue weighted by atomic mass is 16.5. The van der Waals surface area contributed by atoms with E-state index in [1.54, 1.807) is 14.2 Å². The second-order valence-electron chi connectivity index (χ2n) is 5.93.